The summed E-state index contributed by atoms with van der Waals surface area (Å²) in [6, 6.07) is 67.8. The summed E-state index contributed by atoms with van der Waals surface area (Å²) >= 11 is 0. The number of allylic oxidation sites excluding steroid dienone is 3. The van der Waals surface area contributed by atoms with Gasteiger partial charge in [0.1, 0.15) is 11.6 Å². The Kier molecular flexibility index (Phi) is 11.1. The van der Waals surface area contributed by atoms with Crippen LogP contribution in [0.1, 0.15) is 44.2 Å². The van der Waals surface area contributed by atoms with E-state index < -0.39 is 0 Å². The molecule has 68 heavy (non-hydrogen) atoms. The fourth-order valence-corrected chi connectivity index (χ4v) is 10.7. The number of nitrogens with zero attached hydrogens (tertiary/aromatic N) is 4. The van der Waals surface area contributed by atoms with Crippen molar-refractivity contribution in [2.75, 3.05) is 26.1 Å². The van der Waals surface area contributed by atoms with Crippen LogP contribution in [0.25, 0.3) is 16.7 Å². The van der Waals surface area contributed by atoms with E-state index in [1.54, 1.807) is 12.1 Å². The van der Waals surface area contributed by atoms with Crippen molar-refractivity contribution in [1.29, 1.82) is 0 Å². The van der Waals surface area contributed by atoms with Gasteiger partial charge in [-0.15, -0.1) is 0 Å². The molecule has 0 N–H and O–H groups in total. The fraction of sp³-hybridized carbons (Fsp3) is 0.129. The Balaban J connectivity index is 0.909. The quantitative estimate of drug-likeness (QED) is 0.127. The maximum Gasteiger partial charge on any atom is 0.123 e. The first kappa shape index (κ1) is 42.7. The van der Waals surface area contributed by atoms with Crippen LogP contribution in [0.5, 0.6) is 0 Å². The van der Waals surface area contributed by atoms with Crippen LogP contribution in [0.15, 0.2) is 230 Å². The van der Waals surface area contributed by atoms with E-state index in [-0.39, 0.29) is 23.1 Å². The second kappa shape index (κ2) is 17.7. The van der Waals surface area contributed by atoms with Gasteiger partial charge >= 0.3 is 0 Å². The number of halogens is 2. The van der Waals surface area contributed by atoms with Gasteiger partial charge in [0, 0.05) is 74.9 Å². The number of rotatable bonds is 10. The minimum atomic E-state index is -0.278. The molecule has 2 aliphatic heterocycles. The van der Waals surface area contributed by atoms with Crippen LogP contribution in [0.3, 0.4) is 0 Å². The molecule has 0 aromatic heterocycles. The Labute approximate surface area is 398 Å². The minimum Gasteiger partial charge on any atom is -0.336 e. The topological polar surface area (TPSA) is 13.0 Å². The highest BCUT2D eigenvalue weighted by Crippen LogP contribution is 2.57. The second-order valence-electron chi connectivity index (χ2n) is 18.3. The number of hydrogen-bond donors (Lipinski definition) is 0. The lowest BCUT2D eigenvalue weighted by atomic mass is 9.73. The first-order valence-corrected chi connectivity index (χ1v) is 23.5. The summed E-state index contributed by atoms with van der Waals surface area (Å²) in [5.41, 5.74) is 16.3. The van der Waals surface area contributed by atoms with E-state index >= 15 is 0 Å². The normalized spacial score (nSPS) is 18.9. The Bertz CT molecular complexity index is 3180. The van der Waals surface area contributed by atoms with E-state index in [4.69, 9.17) is 0 Å². The SMILES string of the molecule is C/C=C(\C=C1/CN(c2ccc(F)cc2)c2ccccc21)N(c1ccccc1)c1ccc(-c2ccc(N(c3ccccc3)c3ccc4c(c3)C3CC(C)C=CC3(C)N4c3ccc(F)cc3)cc2)cc1. The summed E-state index contributed by atoms with van der Waals surface area (Å²) in [6.45, 7) is 7.37. The number of fused-ring (bicyclic) bond motifs is 4. The molecule has 2 heterocycles. The van der Waals surface area contributed by atoms with Crippen LogP contribution in [-0.4, -0.2) is 12.1 Å². The number of para-hydroxylation sites is 3. The van der Waals surface area contributed by atoms with Gasteiger partial charge in [-0.3, -0.25) is 0 Å². The smallest absolute Gasteiger partial charge is 0.123 e. The number of benzene rings is 8. The van der Waals surface area contributed by atoms with E-state index in [1.807, 2.05) is 30.3 Å². The van der Waals surface area contributed by atoms with Gasteiger partial charge in [0.05, 0.1) is 5.54 Å². The molecule has 0 saturated heterocycles. The molecular weight excluding hydrogens is 839 g/mol. The molecule has 0 spiro atoms. The van der Waals surface area contributed by atoms with E-state index in [0.717, 1.165) is 74.3 Å². The van der Waals surface area contributed by atoms with Crippen molar-refractivity contribution in [3.63, 3.8) is 0 Å². The van der Waals surface area contributed by atoms with Crippen LogP contribution >= 0.6 is 0 Å². The molecule has 8 aromatic rings. The predicted octanol–water partition coefficient (Wildman–Crippen LogP) is 17.0. The van der Waals surface area contributed by atoms with Gasteiger partial charge in [0.2, 0.25) is 0 Å². The van der Waals surface area contributed by atoms with Crippen LogP contribution < -0.4 is 19.6 Å². The molecule has 334 valence electrons. The lowest BCUT2D eigenvalue weighted by molar-refractivity contribution is 0.395. The summed E-state index contributed by atoms with van der Waals surface area (Å²) in [5.74, 6) is 0.242. The van der Waals surface area contributed by atoms with Crippen LogP contribution in [0.2, 0.25) is 0 Å². The molecule has 0 saturated carbocycles. The van der Waals surface area contributed by atoms with E-state index in [9.17, 15) is 8.78 Å². The van der Waals surface area contributed by atoms with E-state index in [1.165, 1.54) is 29.0 Å². The average molecular weight is 891 g/mol. The van der Waals surface area contributed by atoms with Gasteiger partial charge in [-0.25, -0.2) is 8.78 Å². The number of hydrogen-bond acceptors (Lipinski definition) is 4. The zero-order valence-corrected chi connectivity index (χ0v) is 38.5. The highest BCUT2D eigenvalue weighted by Gasteiger charge is 2.49. The van der Waals surface area contributed by atoms with Crippen LogP contribution in [-0.2, 0) is 0 Å². The van der Waals surface area contributed by atoms with Gasteiger partial charge in [-0.05, 0) is 176 Å². The standard InChI is InChI=1S/C62H52F2N4/c1-4-49(40-46-42-65(50-31-23-47(63)24-32-50)60-18-12-11-17-57(46)60)66(51-13-7-5-8-14-51)53-27-19-44(20-28-53)45-21-29-54(30-22-45)67(52-15-9-6-10-16-52)56-35-36-61-58(41-56)59-39-43(2)37-38-62(59,3)68(61)55-33-25-48(64)26-34-55/h4-38,40-41,43,59H,39,42H2,1-3H3/b46-40+,49-4+. The number of anilines is 9. The summed E-state index contributed by atoms with van der Waals surface area (Å²) in [7, 11) is 0. The summed E-state index contributed by atoms with van der Waals surface area (Å²) in [5, 5.41) is 0. The Morgan fingerprint density at radius 2 is 1.13 bits per heavy atom. The first-order valence-electron chi connectivity index (χ1n) is 23.5. The molecule has 4 nitrogen and oxygen atoms in total. The molecule has 1 aliphatic carbocycles. The molecule has 8 aromatic carbocycles. The third-order valence-corrected chi connectivity index (χ3v) is 14.0. The zero-order valence-electron chi connectivity index (χ0n) is 38.5. The Morgan fingerprint density at radius 1 is 0.588 bits per heavy atom. The molecule has 0 amide bonds. The third kappa shape index (κ3) is 7.76. The van der Waals surface area contributed by atoms with Crippen molar-refractivity contribution in [3.8, 4) is 11.1 Å². The lowest BCUT2D eigenvalue weighted by Gasteiger charge is -2.42. The van der Waals surface area contributed by atoms with Crippen molar-refractivity contribution in [1.82, 2.24) is 0 Å². The largest absolute Gasteiger partial charge is 0.336 e. The van der Waals surface area contributed by atoms with E-state index in [0.29, 0.717) is 12.5 Å². The van der Waals surface area contributed by atoms with Crippen molar-refractivity contribution in [2.45, 2.75) is 38.6 Å². The summed E-state index contributed by atoms with van der Waals surface area (Å²) in [6.07, 6.45) is 10.2. The predicted molar refractivity (Wildman–Crippen MR) is 279 cm³/mol. The molecule has 0 bridgehead atoms. The molecule has 3 aliphatic rings. The first-order chi connectivity index (χ1) is 33.3. The summed E-state index contributed by atoms with van der Waals surface area (Å²) in [4.78, 5) is 9.31. The van der Waals surface area contributed by atoms with Crippen molar-refractivity contribution in [2.24, 2.45) is 5.92 Å². The van der Waals surface area contributed by atoms with Crippen LogP contribution in [0.4, 0.5) is 60.0 Å². The maximum atomic E-state index is 14.2. The van der Waals surface area contributed by atoms with Crippen molar-refractivity contribution >= 4 is 56.8 Å². The molecule has 0 radical (unpaired) electrons. The highest BCUT2D eigenvalue weighted by molar-refractivity contribution is 5.92. The molecule has 3 unspecified atom stereocenters. The molecule has 0 fully saturated rings. The second-order valence-corrected chi connectivity index (χ2v) is 18.3. The highest BCUT2D eigenvalue weighted by atomic mass is 19.1. The van der Waals surface area contributed by atoms with Gasteiger partial charge < -0.3 is 19.6 Å². The Hall–Kier alpha value is -7.96. The van der Waals surface area contributed by atoms with Crippen molar-refractivity contribution < 1.29 is 8.78 Å². The monoisotopic (exact) mass is 890 g/mol. The average Bonchev–Trinajstić information content (AvgIpc) is 3.87. The fourth-order valence-electron chi connectivity index (χ4n) is 10.7. The maximum absolute atomic E-state index is 14.2. The van der Waals surface area contributed by atoms with Gasteiger partial charge in [-0.2, -0.15) is 0 Å². The van der Waals surface area contributed by atoms with Crippen LogP contribution in [0, 0.1) is 17.6 Å². The molecule has 11 rings (SSSR count). The summed E-state index contributed by atoms with van der Waals surface area (Å²) < 4.78 is 28.1. The van der Waals surface area contributed by atoms with E-state index in [2.05, 4.69) is 210 Å². The molecular formula is C62H52F2N4. The zero-order chi connectivity index (χ0) is 46.4. The van der Waals surface area contributed by atoms with Crippen molar-refractivity contribution in [3.05, 3.63) is 253 Å². The van der Waals surface area contributed by atoms with Gasteiger partial charge in [0.15, 0.2) is 0 Å². The molecule has 3 atom stereocenters. The molecule has 6 heteroatoms. The van der Waals surface area contributed by atoms with Gasteiger partial charge in [0.25, 0.3) is 0 Å². The van der Waals surface area contributed by atoms with Gasteiger partial charge in [-0.1, -0.05) is 104 Å². The third-order valence-electron chi connectivity index (χ3n) is 14.0. The minimum absolute atomic E-state index is 0.231. The lowest BCUT2D eigenvalue weighted by Crippen LogP contribution is -2.43. The Morgan fingerprint density at radius 3 is 1.78 bits per heavy atom.